The Morgan fingerprint density at radius 3 is 2.53 bits per heavy atom. The monoisotopic (exact) mass is 285 g/mol. The van der Waals surface area contributed by atoms with Crippen LogP contribution in [0.25, 0.3) is 0 Å². The van der Waals surface area contributed by atoms with Crippen molar-refractivity contribution >= 4 is 11.6 Å². The first-order valence-electron chi connectivity index (χ1n) is 6.75. The summed E-state index contributed by atoms with van der Waals surface area (Å²) in [5, 5.41) is 0. The Hall–Kier alpha value is -0.610. The maximum Gasteiger partial charge on any atom is 0.0593 e. The van der Waals surface area contributed by atoms with Gasteiger partial charge >= 0.3 is 0 Å². The summed E-state index contributed by atoms with van der Waals surface area (Å²) in [5.74, 6) is 0.649. The highest BCUT2D eigenvalue weighted by Gasteiger charge is 2.05. The number of nitrogens with zero attached hydrogens (tertiary/aromatic N) is 1. The zero-order chi connectivity index (χ0) is 13.8. The number of rotatable bonds is 11. The maximum absolute atomic E-state index is 5.84. The Kier molecular flexibility index (Phi) is 9.72. The molecule has 0 spiro atoms. The minimum absolute atomic E-state index is 0.649. The molecule has 0 unspecified atom stereocenters. The molecular weight excluding hydrogens is 262 g/mol. The SMILES string of the molecule is COCCCOCCN(CCCl)Cc1ccccc1. The van der Waals surface area contributed by atoms with E-state index in [0.29, 0.717) is 5.88 Å². The minimum Gasteiger partial charge on any atom is -0.385 e. The van der Waals surface area contributed by atoms with Crippen molar-refractivity contribution in [1.82, 2.24) is 4.90 Å². The van der Waals surface area contributed by atoms with Gasteiger partial charge in [-0.3, -0.25) is 4.90 Å². The van der Waals surface area contributed by atoms with Gasteiger partial charge in [0.05, 0.1) is 6.61 Å². The summed E-state index contributed by atoms with van der Waals surface area (Å²) in [6, 6.07) is 10.4. The number of halogens is 1. The lowest BCUT2D eigenvalue weighted by Gasteiger charge is -2.21. The van der Waals surface area contributed by atoms with Gasteiger partial charge in [0.25, 0.3) is 0 Å². The molecule has 0 radical (unpaired) electrons. The Labute approximate surface area is 121 Å². The lowest BCUT2D eigenvalue weighted by Crippen LogP contribution is -2.29. The number of hydrogen-bond donors (Lipinski definition) is 0. The third-order valence-corrected chi connectivity index (χ3v) is 3.01. The number of hydrogen-bond acceptors (Lipinski definition) is 3. The lowest BCUT2D eigenvalue weighted by molar-refractivity contribution is 0.0834. The fourth-order valence-corrected chi connectivity index (χ4v) is 2.07. The topological polar surface area (TPSA) is 21.7 Å². The van der Waals surface area contributed by atoms with E-state index in [1.165, 1.54) is 5.56 Å². The molecule has 1 aromatic carbocycles. The Morgan fingerprint density at radius 1 is 1.05 bits per heavy atom. The average molecular weight is 286 g/mol. The molecular formula is C15H24ClNO2. The molecule has 1 rings (SSSR count). The van der Waals surface area contributed by atoms with Crippen LogP contribution in [0.5, 0.6) is 0 Å². The minimum atomic E-state index is 0.649. The van der Waals surface area contributed by atoms with Crippen molar-refractivity contribution in [3.05, 3.63) is 35.9 Å². The van der Waals surface area contributed by atoms with Crippen LogP contribution in [0.1, 0.15) is 12.0 Å². The molecule has 1 aromatic rings. The summed E-state index contributed by atoms with van der Waals surface area (Å²) >= 11 is 5.84. The lowest BCUT2D eigenvalue weighted by atomic mass is 10.2. The van der Waals surface area contributed by atoms with Gasteiger partial charge in [-0.05, 0) is 12.0 Å². The molecule has 0 amide bonds. The predicted molar refractivity (Wildman–Crippen MR) is 79.8 cm³/mol. The second-order valence-corrected chi connectivity index (χ2v) is 4.79. The van der Waals surface area contributed by atoms with Gasteiger partial charge in [-0.2, -0.15) is 0 Å². The van der Waals surface area contributed by atoms with Crippen molar-refractivity contribution in [2.45, 2.75) is 13.0 Å². The van der Waals surface area contributed by atoms with Crippen LogP contribution in [0.15, 0.2) is 30.3 Å². The van der Waals surface area contributed by atoms with Gasteiger partial charge in [-0.25, -0.2) is 0 Å². The van der Waals surface area contributed by atoms with Gasteiger partial charge in [0.1, 0.15) is 0 Å². The normalized spacial score (nSPS) is 11.1. The fraction of sp³-hybridized carbons (Fsp3) is 0.600. The van der Waals surface area contributed by atoms with Gasteiger partial charge in [0.15, 0.2) is 0 Å². The molecule has 0 fully saturated rings. The molecule has 108 valence electrons. The van der Waals surface area contributed by atoms with Gasteiger partial charge in [0.2, 0.25) is 0 Å². The summed E-state index contributed by atoms with van der Waals surface area (Å²) in [5.41, 5.74) is 1.31. The number of ether oxygens (including phenoxy) is 2. The molecule has 0 N–H and O–H groups in total. The first-order chi connectivity index (χ1) is 9.36. The van der Waals surface area contributed by atoms with Crippen LogP contribution in [0.4, 0.5) is 0 Å². The van der Waals surface area contributed by atoms with E-state index in [4.69, 9.17) is 21.1 Å². The highest BCUT2D eigenvalue weighted by atomic mass is 35.5. The van der Waals surface area contributed by atoms with Gasteiger partial charge < -0.3 is 9.47 Å². The molecule has 0 atom stereocenters. The van der Waals surface area contributed by atoms with Crippen LogP contribution in [-0.4, -0.2) is 50.8 Å². The predicted octanol–water partition coefficient (Wildman–Crippen LogP) is 2.78. The van der Waals surface area contributed by atoms with Crippen LogP contribution >= 0.6 is 11.6 Å². The number of benzene rings is 1. The molecule has 0 aromatic heterocycles. The second kappa shape index (κ2) is 11.2. The highest BCUT2D eigenvalue weighted by molar-refractivity contribution is 6.18. The van der Waals surface area contributed by atoms with E-state index >= 15 is 0 Å². The number of alkyl halides is 1. The molecule has 0 saturated carbocycles. The van der Waals surface area contributed by atoms with E-state index < -0.39 is 0 Å². The van der Waals surface area contributed by atoms with Crippen LogP contribution < -0.4 is 0 Å². The molecule has 0 aliphatic carbocycles. The van der Waals surface area contributed by atoms with E-state index in [0.717, 1.165) is 45.9 Å². The maximum atomic E-state index is 5.84. The van der Waals surface area contributed by atoms with Gasteiger partial charge in [-0.15, -0.1) is 11.6 Å². The molecule has 0 bridgehead atoms. The molecule has 0 aliphatic rings. The van der Waals surface area contributed by atoms with Crippen molar-refractivity contribution in [1.29, 1.82) is 0 Å². The van der Waals surface area contributed by atoms with Gasteiger partial charge in [-0.1, -0.05) is 30.3 Å². The first-order valence-corrected chi connectivity index (χ1v) is 7.29. The zero-order valence-electron chi connectivity index (χ0n) is 11.7. The Morgan fingerprint density at radius 2 is 1.84 bits per heavy atom. The standard InChI is InChI=1S/C15H24ClNO2/c1-18-11-5-12-19-13-10-17(9-8-16)14-15-6-3-2-4-7-15/h2-4,6-7H,5,8-14H2,1H3. The molecule has 4 heteroatoms. The molecule has 0 aliphatic heterocycles. The number of methoxy groups -OCH3 is 1. The van der Waals surface area contributed by atoms with Crippen molar-refractivity contribution in [2.24, 2.45) is 0 Å². The van der Waals surface area contributed by atoms with Crippen molar-refractivity contribution in [3.8, 4) is 0 Å². The summed E-state index contributed by atoms with van der Waals surface area (Å²) in [4.78, 5) is 2.32. The third kappa shape index (κ3) is 8.22. The van der Waals surface area contributed by atoms with Crippen molar-refractivity contribution < 1.29 is 9.47 Å². The first kappa shape index (κ1) is 16.4. The average Bonchev–Trinajstić information content (AvgIpc) is 2.44. The van der Waals surface area contributed by atoms with Crippen LogP contribution in [0, 0.1) is 0 Å². The summed E-state index contributed by atoms with van der Waals surface area (Å²) in [7, 11) is 1.71. The molecule has 3 nitrogen and oxygen atoms in total. The van der Waals surface area contributed by atoms with Crippen molar-refractivity contribution in [2.75, 3.05) is 45.9 Å². The van der Waals surface area contributed by atoms with Gasteiger partial charge in [0, 0.05) is 45.8 Å². The van der Waals surface area contributed by atoms with E-state index in [1.54, 1.807) is 7.11 Å². The van der Waals surface area contributed by atoms with Crippen LogP contribution in [0.3, 0.4) is 0 Å². The smallest absolute Gasteiger partial charge is 0.0593 e. The molecule has 0 saturated heterocycles. The van der Waals surface area contributed by atoms with E-state index in [-0.39, 0.29) is 0 Å². The van der Waals surface area contributed by atoms with E-state index in [1.807, 2.05) is 6.07 Å². The van der Waals surface area contributed by atoms with Crippen LogP contribution in [0.2, 0.25) is 0 Å². The fourth-order valence-electron chi connectivity index (χ4n) is 1.83. The Balaban J connectivity index is 2.21. The third-order valence-electron chi connectivity index (χ3n) is 2.84. The Bertz CT molecular complexity index is 308. The highest BCUT2D eigenvalue weighted by Crippen LogP contribution is 2.04. The van der Waals surface area contributed by atoms with Crippen LogP contribution in [-0.2, 0) is 16.0 Å². The van der Waals surface area contributed by atoms with E-state index in [9.17, 15) is 0 Å². The largest absolute Gasteiger partial charge is 0.385 e. The molecule has 0 heterocycles. The van der Waals surface area contributed by atoms with E-state index in [2.05, 4.69) is 29.2 Å². The zero-order valence-corrected chi connectivity index (χ0v) is 12.4. The molecule has 19 heavy (non-hydrogen) atoms. The van der Waals surface area contributed by atoms with Crippen molar-refractivity contribution in [3.63, 3.8) is 0 Å². The second-order valence-electron chi connectivity index (χ2n) is 4.41. The summed E-state index contributed by atoms with van der Waals surface area (Å²) < 4.78 is 10.6. The summed E-state index contributed by atoms with van der Waals surface area (Å²) in [6.45, 7) is 4.98. The summed E-state index contributed by atoms with van der Waals surface area (Å²) in [6.07, 6.45) is 0.949. The quantitative estimate of drug-likeness (QED) is 0.461.